The van der Waals surface area contributed by atoms with Crippen LogP contribution in [-0.2, 0) is 4.79 Å². The first-order chi connectivity index (χ1) is 16.4. The molecule has 0 spiro atoms. The molecule has 9 heteroatoms. The first kappa shape index (κ1) is 23.9. The number of rotatable bonds is 7. The monoisotopic (exact) mass is 513 g/mol. The fourth-order valence-electron chi connectivity index (χ4n) is 3.10. The third-order valence-corrected chi connectivity index (χ3v) is 6.17. The number of imide groups is 1. The number of hydrogen-bond acceptors (Lipinski definition) is 6. The van der Waals surface area contributed by atoms with Gasteiger partial charge in [0.2, 0.25) is 0 Å². The first-order valence-corrected chi connectivity index (χ1v) is 11.7. The van der Waals surface area contributed by atoms with Crippen molar-refractivity contribution in [3.63, 3.8) is 0 Å². The Labute approximate surface area is 210 Å². The number of ether oxygens (including phenoxy) is 2. The van der Waals surface area contributed by atoms with Gasteiger partial charge in [0, 0.05) is 5.02 Å². The van der Waals surface area contributed by atoms with Gasteiger partial charge in [-0.1, -0.05) is 53.5 Å². The van der Waals surface area contributed by atoms with Gasteiger partial charge in [0.25, 0.3) is 11.1 Å². The molecule has 3 aromatic rings. The third-order valence-electron chi connectivity index (χ3n) is 4.72. The molecular weight excluding hydrogens is 497 g/mol. The second kappa shape index (κ2) is 10.8. The molecule has 1 heterocycles. The van der Waals surface area contributed by atoms with Crippen LogP contribution in [0.1, 0.15) is 15.9 Å². The van der Waals surface area contributed by atoms with Crippen LogP contribution in [0, 0.1) is 0 Å². The number of para-hydroxylation sites is 1. The van der Waals surface area contributed by atoms with Gasteiger partial charge in [-0.15, -0.1) is 0 Å². The average molecular weight is 514 g/mol. The van der Waals surface area contributed by atoms with E-state index in [0.29, 0.717) is 16.3 Å². The summed E-state index contributed by atoms with van der Waals surface area (Å²) >= 11 is 12.8. The summed E-state index contributed by atoms with van der Waals surface area (Å²) < 4.78 is 11.0. The van der Waals surface area contributed by atoms with Crippen LogP contribution in [0.5, 0.6) is 11.5 Å². The summed E-state index contributed by atoms with van der Waals surface area (Å²) in [5.41, 5.74) is 0.772. The molecule has 6 nitrogen and oxygen atoms in total. The molecule has 3 aromatic carbocycles. The number of thioether (sulfide) groups is 1. The van der Waals surface area contributed by atoms with Gasteiger partial charge in [0.05, 0.1) is 22.0 Å². The first-order valence-electron chi connectivity index (χ1n) is 10.1. The van der Waals surface area contributed by atoms with Crippen LogP contribution in [0.25, 0.3) is 6.08 Å². The van der Waals surface area contributed by atoms with Gasteiger partial charge >= 0.3 is 5.97 Å². The average Bonchev–Trinajstić information content (AvgIpc) is 3.07. The maximum absolute atomic E-state index is 12.7. The molecule has 0 unspecified atom stereocenters. The van der Waals surface area contributed by atoms with Crippen molar-refractivity contribution in [2.75, 3.05) is 13.2 Å². The minimum Gasteiger partial charge on any atom is -0.492 e. The number of nitrogens with zero attached hydrogens (tertiary/aromatic N) is 1. The summed E-state index contributed by atoms with van der Waals surface area (Å²) in [7, 11) is 0. The zero-order chi connectivity index (χ0) is 24.1. The highest BCUT2D eigenvalue weighted by atomic mass is 35.5. The van der Waals surface area contributed by atoms with E-state index in [0.717, 1.165) is 16.7 Å². The quantitative estimate of drug-likeness (QED) is 0.209. The summed E-state index contributed by atoms with van der Waals surface area (Å²) in [6, 6.07) is 20.2. The molecule has 0 aromatic heterocycles. The Morgan fingerprint density at radius 3 is 2.47 bits per heavy atom. The lowest BCUT2D eigenvalue weighted by Crippen LogP contribution is -2.32. The Kier molecular flexibility index (Phi) is 7.57. The number of benzene rings is 3. The molecule has 172 valence electrons. The second-order valence-electron chi connectivity index (χ2n) is 7.08. The lowest BCUT2D eigenvalue weighted by atomic mass is 10.2. The molecule has 34 heavy (non-hydrogen) atoms. The number of hydrogen-bond donors (Lipinski definition) is 0. The van der Waals surface area contributed by atoms with Gasteiger partial charge in [-0.3, -0.25) is 14.5 Å². The van der Waals surface area contributed by atoms with Gasteiger partial charge < -0.3 is 9.47 Å². The second-order valence-corrected chi connectivity index (χ2v) is 8.92. The molecule has 1 aliphatic rings. The zero-order valence-electron chi connectivity index (χ0n) is 17.6. The molecule has 0 saturated carbocycles. The Bertz CT molecular complexity index is 1280. The molecule has 0 aliphatic carbocycles. The van der Waals surface area contributed by atoms with Crippen LogP contribution in [0.3, 0.4) is 0 Å². The highest BCUT2D eigenvalue weighted by molar-refractivity contribution is 8.18. The zero-order valence-corrected chi connectivity index (χ0v) is 19.9. The molecule has 1 saturated heterocycles. The minimum absolute atomic E-state index is 0.135. The van der Waals surface area contributed by atoms with Crippen molar-refractivity contribution in [2.45, 2.75) is 0 Å². The van der Waals surface area contributed by atoms with Gasteiger partial charge in [-0.05, 0) is 65.9 Å². The highest BCUT2D eigenvalue weighted by Gasteiger charge is 2.34. The van der Waals surface area contributed by atoms with Crippen molar-refractivity contribution < 1.29 is 23.9 Å². The van der Waals surface area contributed by atoms with Crippen LogP contribution < -0.4 is 9.47 Å². The standard InChI is InChI=1S/C25H17Cl2NO5S/c26-17-9-10-20(21(27)15-17)24(30)33-19-8-4-5-16(13-19)14-22-23(29)28(25(31)34-22)11-12-32-18-6-2-1-3-7-18/h1-10,13-15H,11-12H2/b22-14-. The van der Waals surface area contributed by atoms with Crippen molar-refractivity contribution in [2.24, 2.45) is 0 Å². The Morgan fingerprint density at radius 1 is 0.941 bits per heavy atom. The molecule has 4 rings (SSSR count). The molecule has 0 bridgehead atoms. The maximum atomic E-state index is 12.7. The van der Waals surface area contributed by atoms with E-state index in [1.54, 1.807) is 48.5 Å². The summed E-state index contributed by atoms with van der Waals surface area (Å²) in [5.74, 6) is -0.115. The fraction of sp³-hybridized carbons (Fsp3) is 0.0800. The molecule has 0 radical (unpaired) electrons. The number of carbonyl (C=O) groups is 3. The van der Waals surface area contributed by atoms with E-state index in [2.05, 4.69) is 0 Å². The smallest absolute Gasteiger partial charge is 0.345 e. The van der Waals surface area contributed by atoms with Crippen LogP contribution in [-0.4, -0.2) is 35.2 Å². The Hall–Kier alpha value is -3.26. The topological polar surface area (TPSA) is 72.9 Å². The maximum Gasteiger partial charge on any atom is 0.345 e. The largest absolute Gasteiger partial charge is 0.492 e. The van der Waals surface area contributed by atoms with Crippen molar-refractivity contribution in [1.82, 2.24) is 4.90 Å². The number of esters is 1. The van der Waals surface area contributed by atoms with E-state index in [4.69, 9.17) is 32.7 Å². The summed E-state index contributed by atoms with van der Waals surface area (Å²) in [4.78, 5) is 38.9. The fourth-order valence-corrected chi connectivity index (χ4v) is 4.45. The van der Waals surface area contributed by atoms with E-state index in [1.807, 2.05) is 18.2 Å². The lowest BCUT2D eigenvalue weighted by Gasteiger charge is -2.13. The SMILES string of the molecule is O=C(Oc1cccc(/C=C2\SC(=O)N(CCOc3ccccc3)C2=O)c1)c1ccc(Cl)cc1Cl. The predicted molar refractivity (Wildman–Crippen MR) is 132 cm³/mol. The van der Waals surface area contributed by atoms with Crippen molar-refractivity contribution >= 4 is 58.2 Å². The van der Waals surface area contributed by atoms with Gasteiger partial charge in [-0.25, -0.2) is 4.79 Å². The predicted octanol–water partition coefficient (Wildman–Crippen LogP) is 6.33. The van der Waals surface area contributed by atoms with E-state index in [1.165, 1.54) is 12.1 Å². The summed E-state index contributed by atoms with van der Waals surface area (Å²) in [6.07, 6.45) is 1.58. The van der Waals surface area contributed by atoms with Crippen LogP contribution in [0.15, 0.2) is 77.7 Å². The van der Waals surface area contributed by atoms with E-state index < -0.39 is 11.9 Å². The van der Waals surface area contributed by atoms with Crippen LogP contribution in [0.2, 0.25) is 10.0 Å². The highest BCUT2D eigenvalue weighted by Crippen LogP contribution is 2.32. The third kappa shape index (κ3) is 5.80. The summed E-state index contributed by atoms with van der Waals surface area (Å²) in [5, 5.41) is 0.218. The molecule has 0 N–H and O–H groups in total. The van der Waals surface area contributed by atoms with Crippen molar-refractivity contribution in [1.29, 1.82) is 0 Å². The Morgan fingerprint density at radius 2 is 1.71 bits per heavy atom. The van der Waals surface area contributed by atoms with Crippen molar-refractivity contribution in [3.05, 3.63) is 98.9 Å². The van der Waals surface area contributed by atoms with Gasteiger partial charge in [0.15, 0.2) is 0 Å². The minimum atomic E-state index is -0.641. The molecule has 0 atom stereocenters. The molecule has 1 aliphatic heterocycles. The Balaban J connectivity index is 1.41. The van der Waals surface area contributed by atoms with Crippen LogP contribution in [0.4, 0.5) is 4.79 Å². The molecule has 1 fully saturated rings. The normalized spacial score (nSPS) is 14.5. The number of carbonyl (C=O) groups excluding carboxylic acids is 3. The lowest BCUT2D eigenvalue weighted by molar-refractivity contribution is -0.123. The van der Waals surface area contributed by atoms with E-state index >= 15 is 0 Å². The van der Waals surface area contributed by atoms with Crippen LogP contribution >= 0.6 is 35.0 Å². The number of halogens is 2. The van der Waals surface area contributed by atoms with E-state index in [-0.39, 0.29) is 39.6 Å². The van der Waals surface area contributed by atoms with Crippen molar-refractivity contribution in [3.8, 4) is 11.5 Å². The van der Waals surface area contributed by atoms with Gasteiger partial charge in [0.1, 0.15) is 18.1 Å². The molecular formula is C25H17Cl2NO5S. The summed E-state index contributed by atoms with van der Waals surface area (Å²) in [6.45, 7) is 0.324. The van der Waals surface area contributed by atoms with Gasteiger partial charge in [-0.2, -0.15) is 0 Å². The van der Waals surface area contributed by atoms with E-state index in [9.17, 15) is 14.4 Å². The number of amides is 2. The molecule has 2 amide bonds.